The number of rotatable bonds is 5. The minimum absolute atomic E-state index is 0.0262. The van der Waals surface area contributed by atoms with E-state index in [0.29, 0.717) is 5.89 Å². The smallest absolute Gasteiger partial charge is 0.266 e. The van der Waals surface area contributed by atoms with Gasteiger partial charge >= 0.3 is 0 Å². The van der Waals surface area contributed by atoms with Gasteiger partial charge in [-0.1, -0.05) is 26.2 Å². The van der Waals surface area contributed by atoms with Gasteiger partial charge in [0, 0.05) is 19.7 Å². The van der Waals surface area contributed by atoms with Crippen LogP contribution in [0.3, 0.4) is 0 Å². The number of anilines is 1. The summed E-state index contributed by atoms with van der Waals surface area (Å²) in [6.07, 6.45) is 8.65. The number of hydrogen-bond acceptors (Lipinski definition) is 5. The van der Waals surface area contributed by atoms with Crippen molar-refractivity contribution in [3.8, 4) is 0 Å². The van der Waals surface area contributed by atoms with E-state index in [-0.39, 0.29) is 6.10 Å². The summed E-state index contributed by atoms with van der Waals surface area (Å²) in [7, 11) is 0. The maximum absolute atomic E-state index is 5.59. The Bertz CT molecular complexity index is 407. The van der Waals surface area contributed by atoms with Crippen molar-refractivity contribution in [3.63, 3.8) is 0 Å². The third-order valence-electron chi connectivity index (χ3n) is 4.50. The van der Waals surface area contributed by atoms with E-state index in [4.69, 9.17) is 9.26 Å². The van der Waals surface area contributed by atoms with E-state index in [9.17, 15) is 0 Å². The van der Waals surface area contributed by atoms with Crippen molar-refractivity contribution in [2.75, 3.05) is 24.6 Å². The van der Waals surface area contributed by atoms with Crippen LogP contribution in [0.4, 0.5) is 5.95 Å². The maximum atomic E-state index is 5.59. The van der Waals surface area contributed by atoms with Crippen LogP contribution in [-0.2, 0) is 4.74 Å². The zero-order valence-electron chi connectivity index (χ0n) is 12.4. The molecule has 0 unspecified atom stereocenters. The molecule has 20 heavy (non-hydrogen) atoms. The van der Waals surface area contributed by atoms with Gasteiger partial charge in [-0.25, -0.2) is 0 Å². The first-order valence-electron chi connectivity index (χ1n) is 8.07. The molecule has 3 heterocycles. The van der Waals surface area contributed by atoms with E-state index < -0.39 is 0 Å². The van der Waals surface area contributed by atoms with Crippen LogP contribution < -0.4 is 4.90 Å². The molecule has 3 rings (SSSR count). The van der Waals surface area contributed by atoms with Crippen LogP contribution >= 0.6 is 0 Å². The molecule has 2 saturated heterocycles. The zero-order valence-corrected chi connectivity index (χ0v) is 12.4. The normalized spacial score (nSPS) is 24.4. The molecule has 0 aromatic carbocycles. The number of ether oxygens (including phenoxy) is 1. The highest BCUT2D eigenvalue weighted by Gasteiger charge is 2.27. The molecule has 0 N–H and O–H groups in total. The van der Waals surface area contributed by atoms with Gasteiger partial charge in [0.1, 0.15) is 6.10 Å². The number of piperidine rings is 1. The van der Waals surface area contributed by atoms with E-state index in [1.165, 1.54) is 32.1 Å². The molecule has 1 atom stereocenters. The van der Waals surface area contributed by atoms with E-state index in [0.717, 1.165) is 44.4 Å². The summed E-state index contributed by atoms with van der Waals surface area (Å²) in [6, 6.07) is 0. The predicted molar refractivity (Wildman–Crippen MR) is 76.7 cm³/mol. The fourth-order valence-electron chi connectivity index (χ4n) is 3.17. The van der Waals surface area contributed by atoms with Gasteiger partial charge in [0.15, 0.2) is 0 Å². The second-order valence-electron chi connectivity index (χ2n) is 6.01. The first-order valence-corrected chi connectivity index (χ1v) is 8.07. The van der Waals surface area contributed by atoms with Crippen molar-refractivity contribution < 1.29 is 9.26 Å². The van der Waals surface area contributed by atoms with Crippen molar-refractivity contribution in [3.05, 3.63) is 5.89 Å². The fraction of sp³-hybridized carbons (Fsp3) is 0.867. The Hall–Kier alpha value is -1.10. The summed E-state index contributed by atoms with van der Waals surface area (Å²) in [5, 5.41) is 4.13. The summed E-state index contributed by atoms with van der Waals surface area (Å²) in [5.74, 6) is 2.30. The van der Waals surface area contributed by atoms with Gasteiger partial charge in [0.05, 0.1) is 0 Å². The van der Waals surface area contributed by atoms with Crippen molar-refractivity contribution in [1.82, 2.24) is 10.1 Å². The van der Waals surface area contributed by atoms with E-state index >= 15 is 0 Å². The first kappa shape index (κ1) is 13.9. The van der Waals surface area contributed by atoms with Crippen LogP contribution in [0.25, 0.3) is 0 Å². The molecule has 0 radical (unpaired) electrons. The van der Waals surface area contributed by atoms with Crippen LogP contribution in [0, 0.1) is 5.92 Å². The van der Waals surface area contributed by atoms with Gasteiger partial charge in [-0.3, -0.25) is 0 Å². The molecule has 0 bridgehead atoms. The minimum Gasteiger partial charge on any atom is -0.368 e. The quantitative estimate of drug-likeness (QED) is 0.827. The fourth-order valence-corrected chi connectivity index (χ4v) is 3.17. The van der Waals surface area contributed by atoms with Crippen LogP contribution in [0.2, 0.25) is 0 Å². The van der Waals surface area contributed by atoms with Crippen molar-refractivity contribution in [2.45, 2.75) is 58.0 Å². The van der Waals surface area contributed by atoms with Crippen molar-refractivity contribution >= 4 is 5.95 Å². The van der Waals surface area contributed by atoms with Gasteiger partial charge < -0.3 is 14.2 Å². The molecular formula is C15H25N3O2. The second kappa shape index (κ2) is 6.57. The lowest BCUT2D eigenvalue weighted by Gasteiger charge is -2.30. The van der Waals surface area contributed by atoms with E-state index in [2.05, 4.69) is 22.0 Å². The molecule has 2 aliphatic heterocycles. The first-order chi connectivity index (χ1) is 9.86. The largest absolute Gasteiger partial charge is 0.368 e. The van der Waals surface area contributed by atoms with Gasteiger partial charge in [-0.05, 0) is 36.8 Å². The van der Waals surface area contributed by atoms with E-state index in [1.54, 1.807) is 0 Å². The summed E-state index contributed by atoms with van der Waals surface area (Å²) < 4.78 is 11.0. The molecule has 0 aliphatic carbocycles. The molecule has 0 amide bonds. The lowest BCUT2D eigenvalue weighted by atomic mass is 9.92. The molecule has 0 saturated carbocycles. The molecule has 1 aromatic rings. The zero-order chi connectivity index (χ0) is 13.8. The molecule has 5 nitrogen and oxygen atoms in total. The Labute approximate surface area is 120 Å². The minimum atomic E-state index is 0.0262. The average Bonchev–Trinajstić information content (AvgIpc) is 3.16. The van der Waals surface area contributed by atoms with Crippen molar-refractivity contribution in [1.29, 1.82) is 0 Å². The topological polar surface area (TPSA) is 51.4 Å². The monoisotopic (exact) mass is 279 g/mol. The van der Waals surface area contributed by atoms with Crippen LogP contribution in [-0.4, -0.2) is 29.8 Å². The summed E-state index contributed by atoms with van der Waals surface area (Å²) in [4.78, 5) is 6.78. The van der Waals surface area contributed by atoms with Crippen LogP contribution in [0.1, 0.15) is 63.9 Å². The lowest BCUT2D eigenvalue weighted by molar-refractivity contribution is 0.0835. The SMILES string of the molecule is CCCCC1CCN(c2noc([C@@H]3CCCO3)n2)CC1. The molecule has 2 aliphatic rings. The molecule has 112 valence electrons. The number of unbranched alkanes of at least 4 members (excludes halogenated alkanes) is 1. The average molecular weight is 279 g/mol. The molecule has 1 aromatic heterocycles. The highest BCUT2D eigenvalue weighted by atomic mass is 16.5. The Morgan fingerprint density at radius 1 is 1.25 bits per heavy atom. The Morgan fingerprint density at radius 3 is 2.80 bits per heavy atom. The van der Waals surface area contributed by atoms with Gasteiger partial charge in [0.25, 0.3) is 11.8 Å². The highest BCUT2D eigenvalue weighted by Crippen LogP contribution is 2.30. The van der Waals surface area contributed by atoms with Gasteiger partial charge in [-0.15, -0.1) is 0 Å². The molecule has 2 fully saturated rings. The van der Waals surface area contributed by atoms with Crippen LogP contribution in [0.5, 0.6) is 0 Å². The standard InChI is InChI=1S/C15H25N3O2/c1-2-3-5-12-7-9-18(10-8-12)15-16-14(20-17-15)13-6-4-11-19-13/h12-13H,2-11H2,1H3/t13-/m0/s1. The Kier molecular flexibility index (Phi) is 4.55. The Balaban J connectivity index is 1.52. The predicted octanol–water partition coefficient (Wildman–Crippen LogP) is 3.33. The lowest BCUT2D eigenvalue weighted by Crippen LogP contribution is -2.34. The second-order valence-corrected chi connectivity index (χ2v) is 6.01. The summed E-state index contributed by atoms with van der Waals surface area (Å²) in [6.45, 7) is 5.18. The molecule has 5 heteroatoms. The van der Waals surface area contributed by atoms with E-state index in [1.807, 2.05) is 0 Å². The van der Waals surface area contributed by atoms with Crippen molar-refractivity contribution in [2.24, 2.45) is 5.92 Å². The number of nitrogens with zero attached hydrogens (tertiary/aromatic N) is 3. The summed E-state index contributed by atoms with van der Waals surface area (Å²) in [5.41, 5.74) is 0. The number of hydrogen-bond donors (Lipinski definition) is 0. The van der Waals surface area contributed by atoms with Gasteiger partial charge in [0.2, 0.25) is 0 Å². The van der Waals surface area contributed by atoms with Gasteiger partial charge in [-0.2, -0.15) is 4.98 Å². The third kappa shape index (κ3) is 3.14. The summed E-state index contributed by atoms with van der Waals surface area (Å²) >= 11 is 0. The van der Waals surface area contributed by atoms with Crippen LogP contribution in [0.15, 0.2) is 4.52 Å². The molecule has 0 spiro atoms. The maximum Gasteiger partial charge on any atom is 0.266 e. The number of aromatic nitrogens is 2. The third-order valence-corrected chi connectivity index (χ3v) is 4.50. The highest BCUT2D eigenvalue weighted by molar-refractivity contribution is 5.28. The Morgan fingerprint density at radius 2 is 2.10 bits per heavy atom. The molecular weight excluding hydrogens is 254 g/mol.